The zero-order valence-corrected chi connectivity index (χ0v) is 12.3. The van der Waals surface area contributed by atoms with E-state index < -0.39 is 0 Å². The van der Waals surface area contributed by atoms with E-state index in [9.17, 15) is 4.79 Å². The molecule has 0 aliphatic carbocycles. The van der Waals surface area contributed by atoms with E-state index in [1.165, 1.54) is 6.42 Å². The minimum Gasteiger partial charge on any atom is -0.375 e. The molecule has 1 aliphatic heterocycles. The van der Waals surface area contributed by atoms with Crippen LogP contribution in [0.2, 0.25) is 5.02 Å². The molecule has 1 aliphatic rings. The summed E-state index contributed by atoms with van der Waals surface area (Å²) < 4.78 is 0. The summed E-state index contributed by atoms with van der Waals surface area (Å²) in [4.78, 5) is 14.3. The summed E-state index contributed by atoms with van der Waals surface area (Å²) in [5.41, 5.74) is 0.815. The van der Waals surface area contributed by atoms with Gasteiger partial charge in [0, 0.05) is 12.1 Å². The van der Waals surface area contributed by atoms with Crippen molar-refractivity contribution in [3.05, 3.63) is 29.3 Å². The van der Waals surface area contributed by atoms with Gasteiger partial charge in [-0.15, -0.1) is 0 Å². The molecular weight excluding hydrogens is 260 g/mol. The van der Waals surface area contributed by atoms with E-state index in [1.54, 1.807) is 0 Å². The maximum atomic E-state index is 12.3. The van der Waals surface area contributed by atoms with Crippen LogP contribution in [0.5, 0.6) is 0 Å². The minimum absolute atomic E-state index is 0.152. The van der Waals surface area contributed by atoms with Gasteiger partial charge in [-0.2, -0.15) is 0 Å². The normalized spacial score (nSPS) is 23.2. The third-order valence-electron chi connectivity index (χ3n) is 3.79. The molecule has 0 radical (unpaired) electrons. The lowest BCUT2D eigenvalue weighted by molar-refractivity contribution is -0.135. The molecule has 0 spiro atoms. The lowest BCUT2D eigenvalue weighted by Crippen LogP contribution is -2.49. The second kappa shape index (κ2) is 6.29. The fourth-order valence-electron chi connectivity index (χ4n) is 2.78. The number of carbonyl (C=O) groups is 1. The third kappa shape index (κ3) is 3.41. The zero-order valence-electron chi connectivity index (χ0n) is 11.5. The molecule has 0 aromatic heterocycles. The van der Waals surface area contributed by atoms with Crippen molar-refractivity contribution in [3.8, 4) is 0 Å². The number of nitrogens with zero attached hydrogens (tertiary/aromatic N) is 1. The highest BCUT2D eigenvalue weighted by Crippen LogP contribution is 2.23. The Kier molecular flexibility index (Phi) is 4.70. The number of carbonyl (C=O) groups excluding carboxylic acids is 1. The van der Waals surface area contributed by atoms with E-state index >= 15 is 0 Å². The van der Waals surface area contributed by atoms with Crippen molar-refractivity contribution in [2.75, 3.05) is 11.9 Å². The topological polar surface area (TPSA) is 32.3 Å². The Morgan fingerprint density at radius 3 is 2.58 bits per heavy atom. The van der Waals surface area contributed by atoms with Crippen LogP contribution < -0.4 is 5.32 Å². The lowest BCUT2D eigenvalue weighted by atomic mass is 9.97. The number of rotatable bonds is 3. The van der Waals surface area contributed by atoms with Gasteiger partial charge >= 0.3 is 0 Å². The van der Waals surface area contributed by atoms with Gasteiger partial charge in [0.25, 0.3) is 0 Å². The highest BCUT2D eigenvalue weighted by molar-refractivity contribution is 6.33. The molecular formula is C15H21ClN2O. The summed E-state index contributed by atoms with van der Waals surface area (Å²) in [6.07, 6.45) is 3.41. The van der Waals surface area contributed by atoms with Crippen LogP contribution in [0.1, 0.15) is 33.1 Å². The number of piperidine rings is 1. The molecule has 0 bridgehead atoms. The highest BCUT2D eigenvalue weighted by Gasteiger charge is 2.28. The summed E-state index contributed by atoms with van der Waals surface area (Å²) in [7, 11) is 0. The number of hydrogen-bond donors (Lipinski definition) is 1. The standard InChI is InChI=1S/C15H21ClN2O/c1-11-6-5-7-12(2)18(11)15(19)10-17-14-9-4-3-8-13(14)16/h3-4,8-9,11-12,17H,5-7,10H2,1-2H3. The lowest BCUT2D eigenvalue weighted by Gasteiger charge is -2.39. The second-order valence-electron chi connectivity index (χ2n) is 5.26. The van der Waals surface area contributed by atoms with Gasteiger partial charge in [-0.1, -0.05) is 23.7 Å². The van der Waals surface area contributed by atoms with E-state index in [-0.39, 0.29) is 5.91 Å². The number of likely N-dealkylation sites (tertiary alicyclic amines) is 1. The fourth-order valence-corrected chi connectivity index (χ4v) is 2.98. The van der Waals surface area contributed by atoms with Crippen molar-refractivity contribution < 1.29 is 4.79 Å². The van der Waals surface area contributed by atoms with Gasteiger partial charge in [-0.25, -0.2) is 0 Å². The Bertz CT molecular complexity index is 440. The molecule has 3 nitrogen and oxygen atoms in total. The first-order valence-corrected chi connectivity index (χ1v) is 7.27. The van der Waals surface area contributed by atoms with Crippen molar-refractivity contribution in [1.29, 1.82) is 0 Å². The number of benzene rings is 1. The molecule has 1 fully saturated rings. The zero-order chi connectivity index (χ0) is 13.8. The van der Waals surface area contributed by atoms with Gasteiger partial charge in [-0.3, -0.25) is 4.79 Å². The number of anilines is 1. The summed E-state index contributed by atoms with van der Waals surface area (Å²) in [5.74, 6) is 0.152. The van der Waals surface area contributed by atoms with Crippen molar-refractivity contribution >= 4 is 23.2 Å². The maximum absolute atomic E-state index is 12.3. The summed E-state index contributed by atoms with van der Waals surface area (Å²) >= 11 is 6.06. The van der Waals surface area contributed by atoms with Crippen LogP contribution in [-0.4, -0.2) is 29.4 Å². The molecule has 104 valence electrons. The quantitative estimate of drug-likeness (QED) is 0.918. The van der Waals surface area contributed by atoms with Crippen LogP contribution >= 0.6 is 11.6 Å². The van der Waals surface area contributed by atoms with E-state index in [0.29, 0.717) is 23.7 Å². The minimum atomic E-state index is 0.152. The molecule has 1 N–H and O–H groups in total. The van der Waals surface area contributed by atoms with Gasteiger partial charge in [0.1, 0.15) is 0 Å². The predicted octanol–water partition coefficient (Wildman–Crippen LogP) is 3.54. The molecule has 2 rings (SSSR count). The second-order valence-corrected chi connectivity index (χ2v) is 5.67. The molecule has 1 aromatic carbocycles. The van der Waals surface area contributed by atoms with Crippen LogP contribution in [0.3, 0.4) is 0 Å². The monoisotopic (exact) mass is 280 g/mol. The molecule has 0 saturated carbocycles. The molecule has 1 amide bonds. The van der Waals surface area contributed by atoms with E-state index in [0.717, 1.165) is 18.5 Å². The van der Waals surface area contributed by atoms with Crippen LogP contribution in [0.4, 0.5) is 5.69 Å². The molecule has 1 heterocycles. The summed E-state index contributed by atoms with van der Waals surface area (Å²) in [5, 5.41) is 3.78. The average molecular weight is 281 g/mol. The largest absolute Gasteiger partial charge is 0.375 e. The number of para-hydroxylation sites is 1. The number of amides is 1. The van der Waals surface area contributed by atoms with Gasteiger partial charge in [0.15, 0.2) is 0 Å². The van der Waals surface area contributed by atoms with Crippen LogP contribution in [0, 0.1) is 0 Å². The highest BCUT2D eigenvalue weighted by atomic mass is 35.5. The van der Waals surface area contributed by atoms with Gasteiger partial charge < -0.3 is 10.2 Å². The van der Waals surface area contributed by atoms with Crippen LogP contribution in [0.25, 0.3) is 0 Å². The Morgan fingerprint density at radius 1 is 1.32 bits per heavy atom. The first-order valence-electron chi connectivity index (χ1n) is 6.89. The Labute approximate surface area is 119 Å². The molecule has 19 heavy (non-hydrogen) atoms. The van der Waals surface area contributed by atoms with E-state index in [4.69, 9.17) is 11.6 Å². The van der Waals surface area contributed by atoms with Gasteiger partial charge in [-0.05, 0) is 45.2 Å². The molecule has 2 unspecified atom stereocenters. The van der Waals surface area contributed by atoms with Crippen molar-refractivity contribution in [1.82, 2.24) is 4.90 Å². The van der Waals surface area contributed by atoms with Crippen LogP contribution in [-0.2, 0) is 4.79 Å². The summed E-state index contributed by atoms with van der Waals surface area (Å²) in [6.45, 7) is 4.56. The fraction of sp³-hybridized carbons (Fsp3) is 0.533. The van der Waals surface area contributed by atoms with E-state index in [2.05, 4.69) is 19.2 Å². The van der Waals surface area contributed by atoms with E-state index in [1.807, 2.05) is 29.2 Å². The number of hydrogen-bond acceptors (Lipinski definition) is 2. The van der Waals surface area contributed by atoms with Crippen molar-refractivity contribution in [2.45, 2.75) is 45.2 Å². The molecule has 2 atom stereocenters. The molecule has 1 aromatic rings. The summed E-state index contributed by atoms with van der Waals surface area (Å²) in [6, 6.07) is 8.17. The molecule has 1 saturated heterocycles. The van der Waals surface area contributed by atoms with Crippen molar-refractivity contribution in [3.63, 3.8) is 0 Å². The van der Waals surface area contributed by atoms with Gasteiger partial charge in [0.05, 0.1) is 17.3 Å². The first kappa shape index (κ1) is 14.2. The predicted molar refractivity (Wildman–Crippen MR) is 79.6 cm³/mol. The number of nitrogens with one attached hydrogen (secondary N) is 1. The Balaban J connectivity index is 1.95. The maximum Gasteiger partial charge on any atom is 0.242 e. The van der Waals surface area contributed by atoms with Crippen molar-refractivity contribution in [2.24, 2.45) is 0 Å². The Morgan fingerprint density at radius 2 is 1.95 bits per heavy atom. The first-order chi connectivity index (χ1) is 9.09. The number of halogens is 1. The average Bonchev–Trinajstić information content (AvgIpc) is 2.37. The third-order valence-corrected chi connectivity index (χ3v) is 4.12. The van der Waals surface area contributed by atoms with Gasteiger partial charge in [0.2, 0.25) is 5.91 Å². The SMILES string of the molecule is CC1CCCC(C)N1C(=O)CNc1ccccc1Cl. The Hall–Kier alpha value is -1.22. The smallest absolute Gasteiger partial charge is 0.242 e. The molecule has 4 heteroatoms. The van der Waals surface area contributed by atoms with Crippen LogP contribution in [0.15, 0.2) is 24.3 Å².